The summed E-state index contributed by atoms with van der Waals surface area (Å²) >= 11 is 5.42. The number of halogens is 1. The number of thiophene rings is 1. The third kappa shape index (κ3) is 3.31. The first-order chi connectivity index (χ1) is 7.79. The van der Waals surface area contributed by atoms with Crippen molar-refractivity contribution in [2.45, 2.75) is 51.6 Å². The van der Waals surface area contributed by atoms with E-state index in [0.29, 0.717) is 0 Å². The van der Waals surface area contributed by atoms with Gasteiger partial charge in [-0.3, -0.25) is 4.90 Å². The molecule has 0 saturated carbocycles. The predicted molar refractivity (Wildman–Crippen MR) is 75.0 cm³/mol. The van der Waals surface area contributed by atoms with Gasteiger partial charge in [-0.1, -0.05) is 19.8 Å². The summed E-state index contributed by atoms with van der Waals surface area (Å²) in [5.74, 6) is 0. The zero-order valence-corrected chi connectivity index (χ0v) is 12.3. The summed E-state index contributed by atoms with van der Waals surface area (Å²) in [6, 6.07) is 5.25. The van der Waals surface area contributed by atoms with E-state index in [-0.39, 0.29) is 0 Å². The largest absolute Gasteiger partial charge is 0.295 e. The minimum Gasteiger partial charge on any atom is -0.295 e. The second kappa shape index (κ2) is 6.18. The maximum Gasteiger partial charge on any atom is 0.0701 e. The molecular formula is C13H20BrNS. The molecule has 0 bridgehead atoms. The van der Waals surface area contributed by atoms with Gasteiger partial charge < -0.3 is 0 Å². The van der Waals surface area contributed by atoms with Crippen LogP contribution in [0.25, 0.3) is 0 Å². The fourth-order valence-corrected chi connectivity index (χ4v) is 4.07. The average Bonchev–Trinajstić information content (AvgIpc) is 2.67. The Morgan fingerprint density at radius 2 is 2.31 bits per heavy atom. The molecule has 1 saturated heterocycles. The molecule has 0 N–H and O–H groups in total. The van der Waals surface area contributed by atoms with Gasteiger partial charge in [0.05, 0.1) is 3.79 Å². The first-order valence-corrected chi connectivity index (χ1v) is 7.89. The molecule has 1 aliphatic heterocycles. The Kier molecular flexibility index (Phi) is 4.86. The Morgan fingerprint density at radius 1 is 1.44 bits per heavy atom. The molecule has 1 unspecified atom stereocenters. The van der Waals surface area contributed by atoms with Crippen molar-refractivity contribution in [1.82, 2.24) is 4.90 Å². The molecule has 3 heteroatoms. The van der Waals surface area contributed by atoms with Crippen molar-refractivity contribution in [1.29, 1.82) is 0 Å². The lowest BCUT2D eigenvalue weighted by atomic mass is 9.98. The molecule has 16 heavy (non-hydrogen) atoms. The summed E-state index contributed by atoms with van der Waals surface area (Å²) in [5.41, 5.74) is 0. The number of likely N-dealkylation sites (tertiary alicyclic amines) is 1. The van der Waals surface area contributed by atoms with E-state index in [9.17, 15) is 0 Å². The maximum atomic E-state index is 3.54. The van der Waals surface area contributed by atoms with Crippen LogP contribution in [0.1, 0.15) is 43.9 Å². The van der Waals surface area contributed by atoms with Gasteiger partial charge in [0.1, 0.15) is 0 Å². The topological polar surface area (TPSA) is 3.24 Å². The van der Waals surface area contributed by atoms with E-state index < -0.39 is 0 Å². The minimum absolute atomic E-state index is 0.833. The highest BCUT2D eigenvalue weighted by atomic mass is 79.9. The van der Waals surface area contributed by atoms with Crippen LogP contribution in [-0.2, 0) is 6.54 Å². The summed E-state index contributed by atoms with van der Waals surface area (Å²) in [6.07, 6.45) is 6.89. The summed E-state index contributed by atoms with van der Waals surface area (Å²) in [7, 11) is 0. The van der Waals surface area contributed by atoms with Gasteiger partial charge in [-0.15, -0.1) is 11.3 Å². The zero-order chi connectivity index (χ0) is 11.4. The van der Waals surface area contributed by atoms with Gasteiger partial charge >= 0.3 is 0 Å². The summed E-state index contributed by atoms with van der Waals surface area (Å²) in [4.78, 5) is 4.18. The molecule has 1 aliphatic rings. The van der Waals surface area contributed by atoms with Crippen molar-refractivity contribution in [3.05, 3.63) is 20.8 Å². The van der Waals surface area contributed by atoms with Crippen LogP contribution in [0.4, 0.5) is 0 Å². The number of hydrogen-bond donors (Lipinski definition) is 0. The van der Waals surface area contributed by atoms with Gasteiger partial charge in [0.2, 0.25) is 0 Å². The van der Waals surface area contributed by atoms with Gasteiger partial charge in [0.15, 0.2) is 0 Å². The maximum absolute atomic E-state index is 3.54. The first kappa shape index (κ1) is 12.6. The van der Waals surface area contributed by atoms with Crippen molar-refractivity contribution < 1.29 is 0 Å². The molecule has 0 radical (unpaired) electrons. The van der Waals surface area contributed by atoms with Crippen molar-refractivity contribution in [3.8, 4) is 0 Å². The second-order valence-electron chi connectivity index (χ2n) is 4.61. The van der Waals surface area contributed by atoms with Gasteiger partial charge in [0.25, 0.3) is 0 Å². The lowest BCUT2D eigenvalue weighted by molar-refractivity contribution is 0.133. The van der Waals surface area contributed by atoms with Crippen LogP contribution in [0.3, 0.4) is 0 Å². The Hall–Kier alpha value is 0.140. The summed E-state index contributed by atoms with van der Waals surface area (Å²) in [5, 5.41) is 0. The zero-order valence-electron chi connectivity index (χ0n) is 9.92. The van der Waals surface area contributed by atoms with Crippen LogP contribution < -0.4 is 0 Å². The molecule has 0 amide bonds. The van der Waals surface area contributed by atoms with Crippen molar-refractivity contribution in [2.75, 3.05) is 6.54 Å². The Bertz CT molecular complexity index is 321. The van der Waals surface area contributed by atoms with Gasteiger partial charge in [-0.25, -0.2) is 0 Å². The smallest absolute Gasteiger partial charge is 0.0701 e. The summed E-state index contributed by atoms with van der Waals surface area (Å²) < 4.78 is 1.26. The van der Waals surface area contributed by atoms with Gasteiger partial charge in [0, 0.05) is 17.5 Å². The standard InChI is InChI=1S/C13H20BrNS/c1-2-5-11-6-3-4-9-15(11)10-12-7-8-13(14)16-12/h7-8,11H,2-6,9-10H2,1H3. The second-order valence-corrected chi connectivity index (χ2v) is 7.16. The number of piperidine rings is 1. The third-order valence-electron chi connectivity index (χ3n) is 3.36. The molecule has 0 aromatic carbocycles. The molecular weight excluding hydrogens is 282 g/mol. The van der Waals surface area contributed by atoms with E-state index in [1.165, 1.54) is 47.3 Å². The normalized spacial score (nSPS) is 22.5. The van der Waals surface area contributed by atoms with Crippen molar-refractivity contribution in [2.24, 2.45) is 0 Å². The van der Waals surface area contributed by atoms with E-state index >= 15 is 0 Å². The lowest BCUT2D eigenvalue weighted by Gasteiger charge is -2.35. The fraction of sp³-hybridized carbons (Fsp3) is 0.692. The summed E-state index contributed by atoms with van der Waals surface area (Å²) in [6.45, 7) is 4.75. The molecule has 1 nitrogen and oxygen atoms in total. The van der Waals surface area contributed by atoms with Crippen LogP contribution in [0.2, 0.25) is 0 Å². The molecule has 1 atom stereocenters. The van der Waals surface area contributed by atoms with Gasteiger partial charge in [-0.05, 0) is 53.9 Å². The molecule has 2 heterocycles. The van der Waals surface area contributed by atoms with Crippen LogP contribution >= 0.6 is 27.3 Å². The Balaban J connectivity index is 1.95. The monoisotopic (exact) mass is 301 g/mol. The van der Waals surface area contributed by atoms with Gasteiger partial charge in [-0.2, -0.15) is 0 Å². The molecule has 1 fully saturated rings. The van der Waals surface area contributed by atoms with E-state index in [1.807, 2.05) is 11.3 Å². The highest BCUT2D eigenvalue weighted by molar-refractivity contribution is 9.11. The molecule has 0 spiro atoms. The molecule has 1 aromatic heterocycles. The van der Waals surface area contributed by atoms with E-state index in [0.717, 1.165) is 12.6 Å². The number of hydrogen-bond acceptors (Lipinski definition) is 2. The van der Waals surface area contributed by atoms with Crippen LogP contribution in [0, 0.1) is 0 Å². The molecule has 2 rings (SSSR count). The Labute approximate surface area is 111 Å². The van der Waals surface area contributed by atoms with E-state index in [2.05, 4.69) is 39.9 Å². The fourth-order valence-electron chi connectivity index (χ4n) is 2.57. The van der Waals surface area contributed by atoms with Crippen molar-refractivity contribution in [3.63, 3.8) is 0 Å². The van der Waals surface area contributed by atoms with Crippen LogP contribution in [0.5, 0.6) is 0 Å². The first-order valence-electron chi connectivity index (χ1n) is 6.28. The number of nitrogens with zero attached hydrogens (tertiary/aromatic N) is 1. The number of rotatable bonds is 4. The Morgan fingerprint density at radius 3 is 3.00 bits per heavy atom. The highest BCUT2D eigenvalue weighted by Crippen LogP contribution is 2.27. The van der Waals surface area contributed by atoms with Crippen LogP contribution in [-0.4, -0.2) is 17.5 Å². The van der Waals surface area contributed by atoms with E-state index in [1.54, 1.807) is 0 Å². The highest BCUT2D eigenvalue weighted by Gasteiger charge is 2.21. The van der Waals surface area contributed by atoms with Crippen LogP contribution in [0.15, 0.2) is 15.9 Å². The van der Waals surface area contributed by atoms with E-state index in [4.69, 9.17) is 0 Å². The lowest BCUT2D eigenvalue weighted by Crippen LogP contribution is -2.38. The van der Waals surface area contributed by atoms with Crippen molar-refractivity contribution >= 4 is 27.3 Å². The molecule has 1 aromatic rings. The minimum atomic E-state index is 0.833. The predicted octanol–water partition coefficient (Wildman–Crippen LogP) is 4.67. The quantitative estimate of drug-likeness (QED) is 0.781. The third-order valence-corrected chi connectivity index (χ3v) is 4.97. The molecule has 90 valence electrons. The molecule has 0 aliphatic carbocycles. The average molecular weight is 302 g/mol. The SMILES string of the molecule is CCCC1CCCCN1Cc1ccc(Br)s1.